The van der Waals surface area contributed by atoms with Crippen molar-refractivity contribution in [2.45, 2.75) is 432 Å². The summed E-state index contributed by atoms with van der Waals surface area (Å²) in [6, 6.07) is 0. The van der Waals surface area contributed by atoms with Gasteiger partial charge in [-0.05, 0) is 31.6 Å². The first-order chi connectivity index (χ1) is 47.0. The average Bonchev–Trinajstić information content (AvgIpc) is 1.71. The van der Waals surface area contributed by atoms with Gasteiger partial charge in [0.25, 0.3) is 0 Å². The Kier molecular flexibility index (Phi) is 69.6. The van der Waals surface area contributed by atoms with Crippen LogP contribution in [0, 0.1) is 5.92 Å². The zero-order valence-corrected chi connectivity index (χ0v) is 65.0. The summed E-state index contributed by atoms with van der Waals surface area (Å²) in [7, 11) is -9.91. The minimum absolute atomic E-state index is 0.107. The number of aliphatic hydroxyl groups is 1. The molecule has 0 bridgehead atoms. The summed E-state index contributed by atoms with van der Waals surface area (Å²) >= 11 is 0. The van der Waals surface area contributed by atoms with E-state index in [1.165, 1.54) is 231 Å². The molecule has 3 N–H and O–H groups in total. The van der Waals surface area contributed by atoms with Crippen LogP contribution in [-0.4, -0.2) is 96.7 Å². The summed E-state index contributed by atoms with van der Waals surface area (Å²) in [5.41, 5.74) is 0. The van der Waals surface area contributed by atoms with E-state index in [1.807, 2.05) is 0 Å². The van der Waals surface area contributed by atoms with E-state index in [0.717, 1.165) is 102 Å². The number of unbranched alkanes of at least 4 members (excludes halogenated alkanes) is 50. The zero-order chi connectivity index (χ0) is 71.2. The number of ether oxygens (including phenoxy) is 4. The molecule has 0 aliphatic rings. The Labute approximate surface area is 594 Å². The van der Waals surface area contributed by atoms with Gasteiger partial charge < -0.3 is 33.8 Å². The standard InChI is InChI=1S/C78H152O17P2/c1-6-9-12-15-18-21-23-25-27-29-30-32-34-39-43-48-53-58-63-77(82)95-74(68-89-76(81)62-57-52-47-42-38-33-31-28-26-24-22-19-16-13-10-7-2)70-93-97(86,87)91-66-72(79)65-90-96(84,85)92-69-73(67-88-75(80)61-56-51-46-20-17-14-11-8-3)94-78(83)64-59-54-49-44-40-36-35-37-41-45-50-55-60-71(4)5/h71-74,79H,6-70H2,1-5H3,(H,84,85)(H,86,87)/t72-,73+,74+/m0/s1. The van der Waals surface area contributed by atoms with Crippen LogP contribution in [0.4, 0.5) is 0 Å². The lowest BCUT2D eigenvalue weighted by molar-refractivity contribution is -0.161. The molecule has 0 aliphatic carbocycles. The predicted octanol–water partition coefficient (Wildman–Crippen LogP) is 23.3. The molecule has 0 saturated carbocycles. The first-order valence-corrected chi connectivity index (χ1v) is 43.6. The number of carbonyl (C=O) groups excluding carboxylic acids is 4. The Morgan fingerprint density at radius 1 is 0.278 bits per heavy atom. The number of phosphoric acid groups is 2. The van der Waals surface area contributed by atoms with Crippen molar-refractivity contribution in [3.8, 4) is 0 Å². The lowest BCUT2D eigenvalue weighted by Crippen LogP contribution is -2.30. The number of hydrogen-bond donors (Lipinski definition) is 3. The lowest BCUT2D eigenvalue weighted by atomic mass is 10.0. The van der Waals surface area contributed by atoms with Crippen LogP contribution in [0.25, 0.3) is 0 Å². The normalized spacial score (nSPS) is 13.9. The Morgan fingerprint density at radius 2 is 0.474 bits per heavy atom. The molecule has 2 unspecified atom stereocenters. The maximum Gasteiger partial charge on any atom is 0.472 e. The molecule has 17 nitrogen and oxygen atoms in total. The fourth-order valence-corrected chi connectivity index (χ4v) is 13.6. The largest absolute Gasteiger partial charge is 0.472 e. The lowest BCUT2D eigenvalue weighted by Gasteiger charge is -2.21. The van der Waals surface area contributed by atoms with E-state index in [-0.39, 0.29) is 25.7 Å². The van der Waals surface area contributed by atoms with Crippen LogP contribution in [0.5, 0.6) is 0 Å². The van der Waals surface area contributed by atoms with Crippen LogP contribution < -0.4 is 0 Å². The molecule has 0 saturated heterocycles. The van der Waals surface area contributed by atoms with Gasteiger partial charge in [0.1, 0.15) is 19.3 Å². The molecule has 0 aromatic rings. The van der Waals surface area contributed by atoms with Gasteiger partial charge in [0.05, 0.1) is 26.4 Å². The molecule has 0 spiro atoms. The molecule has 5 atom stereocenters. The van der Waals surface area contributed by atoms with Crippen LogP contribution in [0.2, 0.25) is 0 Å². The van der Waals surface area contributed by atoms with Gasteiger partial charge in [-0.3, -0.25) is 37.3 Å². The molecule has 0 aromatic heterocycles. The van der Waals surface area contributed by atoms with Crippen molar-refractivity contribution >= 4 is 39.5 Å². The summed E-state index contributed by atoms with van der Waals surface area (Å²) < 4.78 is 68.6. The van der Waals surface area contributed by atoms with Crippen molar-refractivity contribution in [2.24, 2.45) is 5.92 Å². The van der Waals surface area contributed by atoms with Gasteiger partial charge in [0.15, 0.2) is 12.2 Å². The highest BCUT2D eigenvalue weighted by Gasteiger charge is 2.30. The molecule has 97 heavy (non-hydrogen) atoms. The van der Waals surface area contributed by atoms with Gasteiger partial charge in [0, 0.05) is 25.7 Å². The molecule has 0 rings (SSSR count). The van der Waals surface area contributed by atoms with E-state index < -0.39 is 97.5 Å². The average molecular weight is 1420 g/mol. The van der Waals surface area contributed by atoms with Crippen LogP contribution in [0.15, 0.2) is 0 Å². The van der Waals surface area contributed by atoms with Gasteiger partial charge in [-0.1, -0.05) is 362 Å². The molecule has 576 valence electrons. The molecule has 0 radical (unpaired) electrons. The zero-order valence-electron chi connectivity index (χ0n) is 63.2. The Morgan fingerprint density at radius 3 is 0.701 bits per heavy atom. The van der Waals surface area contributed by atoms with Crippen molar-refractivity contribution in [3.63, 3.8) is 0 Å². The fourth-order valence-electron chi connectivity index (χ4n) is 12.1. The smallest absolute Gasteiger partial charge is 0.462 e. The van der Waals surface area contributed by atoms with Gasteiger partial charge in [-0.2, -0.15) is 0 Å². The highest BCUT2D eigenvalue weighted by molar-refractivity contribution is 7.47. The molecular weight excluding hydrogens is 1270 g/mol. The van der Waals surface area contributed by atoms with E-state index in [9.17, 15) is 43.2 Å². The quantitative estimate of drug-likeness (QED) is 0.0222. The van der Waals surface area contributed by atoms with E-state index in [0.29, 0.717) is 25.7 Å². The number of phosphoric ester groups is 2. The second-order valence-corrected chi connectivity index (χ2v) is 31.5. The van der Waals surface area contributed by atoms with E-state index >= 15 is 0 Å². The van der Waals surface area contributed by atoms with Gasteiger partial charge in [-0.15, -0.1) is 0 Å². The number of aliphatic hydroxyl groups excluding tert-OH is 1. The summed E-state index contributed by atoms with van der Waals surface area (Å²) in [5, 5.41) is 10.6. The van der Waals surface area contributed by atoms with Crippen molar-refractivity contribution < 1.29 is 80.2 Å². The third-order valence-electron chi connectivity index (χ3n) is 18.3. The monoisotopic (exact) mass is 1420 g/mol. The number of rotatable bonds is 78. The topological polar surface area (TPSA) is 237 Å². The first kappa shape index (κ1) is 95.1. The van der Waals surface area contributed by atoms with Crippen molar-refractivity contribution in [1.29, 1.82) is 0 Å². The second kappa shape index (κ2) is 71.1. The Hall–Kier alpha value is -1.94. The van der Waals surface area contributed by atoms with Gasteiger partial charge in [-0.25, -0.2) is 9.13 Å². The maximum absolute atomic E-state index is 13.1. The predicted molar refractivity (Wildman–Crippen MR) is 395 cm³/mol. The third-order valence-corrected chi connectivity index (χ3v) is 20.2. The van der Waals surface area contributed by atoms with E-state index in [1.54, 1.807) is 0 Å². The summed E-state index contributed by atoms with van der Waals surface area (Å²) in [4.78, 5) is 72.8. The van der Waals surface area contributed by atoms with Crippen molar-refractivity contribution in [1.82, 2.24) is 0 Å². The van der Waals surface area contributed by atoms with E-state index in [4.69, 9.17) is 37.0 Å². The molecule has 0 heterocycles. The number of hydrogen-bond acceptors (Lipinski definition) is 15. The molecule has 0 aliphatic heterocycles. The van der Waals surface area contributed by atoms with Crippen molar-refractivity contribution in [3.05, 3.63) is 0 Å². The van der Waals surface area contributed by atoms with Crippen LogP contribution in [-0.2, 0) is 65.4 Å². The van der Waals surface area contributed by atoms with Crippen molar-refractivity contribution in [2.75, 3.05) is 39.6 Å². The van der Waals surface area contributed by atoms with Crippen LogP contribution >= 0.6 is 15.6 Å². The Balaban J connectivity index is 5.21. The number of carbonyl (C=O) groups is 4. The van der Waals surface area contributed by atoms with Gasteiger partial charge in [0.2, 0.25) is 0 Å². The SMILES string of the molecule is CCCCCCCCCCCCCCCCCCCCC(=O)O[C@H](COC(=O)CCCCCCCCCCCCCCCCCC)COP(=O)(O)OC[C@@H](O)COP(=O)(O)OC[C@@H](COC(=O)CCCCCCCCCC)OC(=O)CCCCCCCCCCCCCCC(C)C. The molecular formula is C78H152O17P2. The summed E-state index contributed by atoms with van der Waals surface area (Å²) in [6.07, 6.45) is 61.1. The maximum atomic E-state index is 13.1. The van der Waals surface area contributed by atoms with E-state index in [2.05, 4.69) is 34.6 Å². The van der Waals surface area contributed by atoms with Crippen LogP contribution in [0.3, 0.4) is 0 Å². The third kappa shape index (κ3) is 72.2. The molecule has 0 amide bonds. The summed E-state index contributed by atoms with van der Waals surface area (Å²) in [5.74, 6) is -1.33. The first-order valence-electron chi connectivity index (χ1n) is 40.6. The fraction of sp³-hybridized carbons (Fsp3) is 0.949. The Bertz CT molecular complexity index is 1860. The molecule has 19 heteroatoms. The summed E-state index contributed by atoms with van der Waals surface area (Å²) in [6.45, 7) is 7.30. The molecule has 0 aromatic carbocycles. The minimum Gasteiger partial charge on any atom is -0.462 e. The van der Waals surface area contributed by atoms with Crippen LogP contribution in [0.1, 0.15) is 413 Å². The highest BCUT2D eigenvalue weighted by Crippen LogP contribution is 2.45. The van der Waals surface area contributed by atoms with Gasteiger partial charge >= 0.3 is 39.5 Å². The molecule has 0 fully saturated rings. The number of esters is 4. The highest BCUT2D eigenvalue weighted by atomic mass is 31.2. The second-order valence-electron chi connectivity index (χ2n) is 28.6. The minimum atomic E-state index is -4.96.